The number of hydrogen-bond acceptors (Lipinski definition) is 4. The van der Waals surface area contributed by atoms with Gasteiger partial charge in [0.25, 0.3) is 5.91 Å². The molecule has 0 spiro atoms. The lowest BCUT2D eigenvalue weighted by Crippen LogP contribution is -2.44. The number of nitrogens with zero attached hydrogens (tertiary/aromatic N) is 1. The van der Waals surface area contributed by atoms with Crippen molar-refractivity contribution >= 4 is 15.9 Å². The van der Waals surface area contributed by atoms with E-state index < -0.39 is 10.0 Å². The Morgan fingerprint density at radius 1 is 1.41 bits per heavy atom. The maximum atomic E-state index is 12.5. The zero-order chi connectivity index (χ0) is 16.3. The zero-order valence-corrected chi connectivity index (χ0v) is 13.9. The minimum atomic E-state index is -3.60. The third kappa shape index (κ3) is 4.06. The molecule has 7 heteroatoms. The lowest BCUT2D eigenvalue weighted by molar-refractivity contribution is -0.0124. The van der Waals surface area contributed by atoms with Gasteiger partial charge in [-0.05, 0) is 39.0 Å². The molecule has 1 aliphatic rings. The highest BCUT2D eigenvalue weighted by atomic mass is 32.2. The second-order valence-electron chi connectivity index (χ2n) is 5.74. The fourth-order valence-corrected chi connectivity index (χ4v) is 3.66. The summed E-state index contributed by atoms with van der Waals surface area (Å²) in [5.41, 5.74) is 0.376. The summed E-state index contributed by atoms with van der Waals surface area (Å²) in [5, 5.41) is 0. The summed E-state index contributed by atoms with van der Waals surface area (Å²) in [5.74, 6) is -0.170. The number of hydrogen-bond donors (Lipinski definition) is 1. The Morgan fingerprint density at radius 2 is 2.14 bits per heavy atom. The zero-order valence-electron chi connectivity index (χ0n) is 13.1. The van der Waals surface area contributed by atoms with E-state index >= 15 is 0 Å². The van der Waals surface area contributed by atoms with Crippen LogP contribution in [0.4, 0.5) is 0 Å². The summed E-state index contributed by atoms with van der Waals surface area (Å²) in [7, 11) is -3.60. The molecule has 0 radical (unpaired) electrons. The quantitative estimate of drug-likeness (QED) is 0.903. The molecule has 1 fully saturated rings. The lowest BCUT2D eigenvalue weighted by Gasteiger charge is -2.31. The normalized spacial score (nSPS) is 19.5. The van der Waals surface area contributed by atoms with Crippen LogP contribution in [0.2, 0.25) is 0 Å². The lowest BCUT2D eigenvalue weighted by atomic mass is 10.2. The molecule has 1 N–H and O–H groups in total. The van der Waals surface area contributed by atoms with Gasteiger partial charge in [0.15, 0.2) is 0 Å². The van der Waals surface area contributed by atoms with Crippen molar-refractivity contribution in [2.45, 2.75) is 37.8 Å². The van der Waals surface area contributed by atoms with Crippen molar-refractivity contribution in [3.05, 3.63) is 29.8 Å². The largest absolute Gasteiger partial charge is 0.375 e. The van der Waals surface area contributed by atoms with E-state index in [0.29, 0.717) is 25.3 Å². The van der Waals surface area contributed by atoms with Gasteiger partial charge in [-0.2, -0.15) is 0 Å². The number of ether oxygens (including phenoxy) is 1. The fraction of sp³-hybridized carbons (Fsp3) is 0.533. The molecule has 6 nitrogen and oxygen atoms in total. The van der Waals surface area contributed by atoms with Crippen molar-refractivity contribution in [3.63, 3.8) is 0 Å². The summed E-state index contributed by atoms with van der Waals surface area (Å²) >= 11 is 0. The number of benzene rings is 1. The highest BCUT2D eigenvalue weighted by Gasteiger charge is 2.24. The van der Waals surface area contributed by atoms with Gasteiger partial charge < -0.3 is 9.64 Å². The molecule has 1 amide bonds. The van der Waals surface area contributed by atoms with Crippen LogP contribution in [-0.2, 0) is 14.8 Å². The minimum absolute atomic E-state index is 0.00720. The summed E-state index contributed by atoms with van der Waals surface area (Å²) in [4.78, 5) is 14.3. The van der Waals surface area contributed by atoms with Crippen LogP contribution >= 0.6 is 0 Å². The maximum absolute atomic E-state index is 12.5. The van der Waals surface area contributed by atoms with E-state index in [-0.39, 0.29) is 22.9 Å². The van der Waals surface area contributed by atoms with E-state index in [1.807, 2.05) is 6.92 Å². The summed E-state index contributed by atoms with van der Waals surface area (Å²) in [6.45, 7) is 6.94. The van der Waals surface area contributed by atoms with Crippen LogP contribution in [0.15, 0.2) is 29.2 Å². The second kappa shape index (κ2) is 6.76. The molecule has 1 heterocycles. The van der Waals surface area contributed by atoms with Crippen LogP contribution in [0, 0.1) is 0 Å². The Bertz CT molecular complexity index is 643. The summed E-state index contributed by atoms with van der Waals surface area (Å²) in [6, 6.07) is 5.93. The number of carbonyl (C=O) groups excluding carboxylic acids is 1. The molecule has 1 aromatic carbocycles. The molecule has 1 aliphatic heterocycles. The van der Waals surface area contributed by atoms with Crippen LogP contribution < -0.4 is 4.72 Å². The molecule has 1 saturated heterocycles. The minimum Gasteiger partial charge on any atom is -0.375 e. The first-order valence-corrected chi connectivity index (χ1v) is 8.81. The number of amides is 1. The Labute approximate surface area is 131 Å². The van der Waals surface area contributed by atoms with Gasteiger partial charge in [-0.3, -0.25) is 4.79 Å². The molecule has 22 heavy (non-hydrogen) atoms. The van der Waals surface area contributed by atoms with Crippen molar-refractivity contribution in [1.29, 1.82) is 0 Å². The van der Waals surface area contributed by atoms with Crippen LogP contribution in [0.25, 0.3) is 0 Å². The molecular weight excluding hydrogens is 304 g/mol. The number of rotatable bonds is 4. The molecule has 0 unspecified atom stereocenters. The van der Waals surface area contributed by atoms with Crippen molar-refractivity contribution in [1.82, 2.24) is 9.62 Å². The molecular formula is C15H22N2O4S. The van der Waals surface area contributed by atoms with Gasteiger partial charge in [-0.15, -0.1) is 0 Å². The Morgan fingerprint density at radius 3 is 2.77 bits per heavy atom. The van der Waals surface area contributed by atoms with Crippen molar-refractivity contribution < 1.29 is 17.9 Å². The van der Waals surface area contributed by atoms with Crippen LogP contribution in [-0.4, -0.2) is 51.1 Å². The monoisotopic (exact) mass is 326 g/mol. The third-order valence-electron chi connectivity index (χ3n) is 3.31. The number of sulfonamides is 1. The third-order valence-corrected chi connectivity index (χ3v) is 4.97. The van der Waals surface area contributed by atoms with Gasteiger partial charge in [0.2, 0.25) is 10.0 Å². The smallest absolute Gasteiger partial charge is 0.254 e. The van der Waals surface area contributed by atoms with E-state index in [1.54, 1.807) is 30.9 Å². The topological polar surface area (TPSA) is 75.7 Å². The number of carbonyl (C=O) groups is 1. The molecule has 0 saturated carbocycles. The second-order valence-corrected chi connectivity index (χ2v) is 7.45. The Hall–Kier alpha value is -1.44. The number of morpholine rings is 1. The molecule has 122 valence electrons. The molecule has 0 aromatic heterocycles. The van der Waals surface area contributed by atoms with E-state index in [0.717, 1.165) is 0 Å². The predicted octanol–water partition coefficient (Wildman–Crippen LogP) is 1.23. The molecule has 0 bridgehead atoms. The van der Waals surface area contributed by atoms with E-state index in [2.05, 4.69) is 4.72 Å². The van der Waals surface area contributed by atoms with Crippen LogP contribution in [0.5, 0.6) is 0 Å². The van der Waals surface area contributed by atoms with Crippen LogP contribution in [0.3, 0.4) is 0 Å². The molecule has 1 aromatic rings. The SMILES string of the molecule is CC(C)NS(=O)(=O)c1cccc(C(=O)N2CCO[C@H](C)C2)c1. The van der Waals surface area contributed by atoms with E-state index in [9.17, 15) is 13.2 Å². The fourth-order valence-electron chi connectivity index (χ4n) is 2.36. The van der Waals surface area contributed by atoms with Crippen molar-refractivity contribution in [2.24, 2.45) is 0 Å². The molecule has 0 aliphatic carbocycles. The highest BCUT2D eigenvalue weighted by molar-refractivity contribution is 7.89. The summed E-state index contributed by atoms with van der Waals surface area (Å²) in [6.07, 6.45) is -0.00720. The van der Waals surface area contributed by atoms with Crippen molar-refractivity contribution in [3.8, 4) is 0 Å². The number of nitrogens with one attached hydrogen (secondary N) is 1. The van der Waals surface area contributed by atoms with Gasteiger partial charge in [0.1, 0.15) is 0 Å². The van der Waals surface area contributed by atoms with Crippen molar-refractivity contribution in [2.75, 3.05) is 19.7 Å². The standard InChI is InChI=1S/C15H22N2O4S/c1-11(2)16-22(19,20)14-6-4-5-13(9-14)15(18)17-7-8-21-12(3)10-17/h4-6,9,11-12,16H,7-8,10H2,1-3H3/t12-/m1/s1. The molecule has 1 atom stereocenters. The maximum Gasteiger partial charge on any atom is 0.254 e. The van der Waals surface area contributed by atoms with Crippen LogP contribution in [0.1, 0.15) is 31.1 Å². The molecule has 2 rings (SSSR count). The van der Waals surface area contributed by atoms with Gasteiger partial charge in [-0.1, -0.05) is 6.07 Å². The highest BCUT2D eigenvalue weighted by Crippen LogP contribution is 2.15. The summed E-state index contributed by atoms with van der Waals surface area (Å²) < 4.78 is 32.3. The Balaban J connectivity index is 2.23. The van der Waals surface area contributed by atoms with Gasteiger partial charge in [-0.25, -0.2) is 13.1 Å². The van der Waals surface area contributed by atoms with E-state index in [1.165, 1.54) is 12.1 Å². The van der Waals surface area contributed by atoms with Gasteiger partial charge in [0.05, 0.1) is 17.6 Å². The first kappa shape index (κ1) is 16.9. The predicted molar refractivity (Wildman–Crippen MR) is 83.2 cm³/mol. The average molecular weight is 326 g/mol. The first-order valence-electron chi connectivity index (χ1n) is 7.33. The van der Waals surface area contributed by atoms with Gasteiger partial charge in [0, 0.05) is 24.7 Å². The van der Waals surface area contributed by atoms with E-state index in [4.69, 9.17) is 4.74 Å². The Kier molecular flexibility index (Phi) is 5.20. The first-order chi connectivity index (χ1) is 10.3. The average Bonchev–Trinajstić information content (AvgIpc) is 2.45. The van der Waals surface area contributed by atoms with Gasteiger partial charge >= 0.3 is 0 Å².